The number of amides is 2. The molecule has 0 aromatic rings. The van der Waals surface area contributed by atoms with Gasteiger partial charge in [0, 0.05) is 39.3 Å². The highest BCUT2D eigenvalue weighted by Gasteiger charge is 2.28. The van der Waals surface area contributed by atoms with E-state index in [9.17, 15) is 14.4 Å². The molecule has 0 aliphatic carbocycles. The Kier molecular flexibility index (Phi) is 9.18. The molecule has 0 aromatic carbocycles. The van der Waals surface area contributed by atoms with Crippen LogP contribution in [-0.2, 0) is 19.1 Å². The summed E-state index contributed by atoms with van der Waals surface area (Å²) >= 11 is 0. The Balaban J connectivity index is 1.73. The van der Waals surface area contributed by atoms with Gasteiger partial charge in [0.05, 0.1) is 20.2 Å². The number of carbonyl (C=O) groups is 3. The van der Waals surface area contributed by atoms with Crippen molar-refractivity contribution in [3.8, 4) is 0 Å². The van der Waals surface area contributed by atoms with Crippen molar-refractivity contribution in [3.63, 3.8) is 0 Å². The maximum Gasteiger partial charge on any atom is 0.328 e. The fourth-order valence-corrected chi connectivity index (χ4v) is 3.76. The average Bonchev–Trinajstić information content (AvgIpc) is 2.73. The summed E-state index contributed by atoms with van der Waals surface area (Å²) in [5, 5.41) is 2.82. The van der Waals surface area contributed by atoms with E-state index in [0.29, 0.717) is 6.54 Å². The van der Waals surface area contributed by atoms with Crippen molar-refractivity contribution in [2.75, 3.05) is 59.5 Å². The van der Waals surface area contributed by atoms with Gasteiger partial charge in [-0.1, -0.05) is 20.3 Å². The minimum absolute atomic E-state index is 0.0223. The Morgan fingerprint density at radius 3 is 2.04 bits per heavy atom. The van der Waals surface area contributed by atoms with Crippen molar-refractivity contribution in [2.24, 2.45) is 5.92 Å². The molecule has 2 aliphatic rings. The molecule has 0 spiro atoms. The highest BCUT2D eigenvalue weighted by Crippen LogP contribution is 2.11. The van der Waals surface area contributed by atoms with Crippen LogP contribution in [0.25, 0.3) is 0 Å². The third-order valence-electron chi connectivity index (χ3n) is 5.88. The molecule has 2 aliphatic heterocycles. The first-order valence-corrected chi connectivity index (χ1v) is 10.5. The lowest BCUT2D eigenvalue weighted by molar-refractivity contribution is -0.146. The van der Waals surface area contributed by atoms with Gasteiger partial charge < -0.3 is 15.0 Å². The van der Waals surface area contributed by atoms with Crippen molar-refractivity contribution >= 4 is 17.8 Å². The number of likely N-dealkylation sites (tertiary alicyclic amines) is 1. The van der Waals surface area contributed by atoms with Crippen LogP contribution in [0, 0.1) is 5.92 Å². The summed E-state index contributed by atoms with van der Waals surface area (Å²) in [6, 6.07) is -0.606. The van der Waals surface area contributed by atoms with Crippen molar-refractivity contribution in [3.05, 3.63) is 0 Å². The lowest BCUT2D eigenvalue weighted by atomic mass is 9.99. The van der Waals surface area contributed by atoms with Gasteiger partial charge in [-0.25, -0.2) is 4.79 Å². The molecule has 0 aromatic heterocycles. The van der Waals surface area contributed by atoms with Crippen LogP contribution in [-0.4, -0.2) is 98.0 Å². The molecule has 2 fully saturated rings. The third kappa shape index (κ3) is 6.74. The number of nitrogens with zero attached hydrogens (tertiary/aromatic N) is 3. The van der Waals surface area contributed by atoms with E-state index >= 15 is 0 Å². The van der Waals surface area contributed by atoms with Gasteiger partial charge in [0.1, 0.15) is 6.04 Å². The van der Waals surface area contributed by atoms with E-state index in [-0.39, 0.29) is 24.3 Å². The number of carbonyl (C=O) groups excluding carboxylic acids is 3. The molecule has 0 radical (unpaired) electrons. The summed E-state index contributed by atoms with van der Waals surface area (Å²) < 4.78 is 4.82. The first-order valence-electron chi connectivity index (χ1n) is 10.5. The number of piperidine rings is 1. The van der Waals surface area contributed by atoms with Crippen molar-refractivity contribution in [1.82, 2.24) is 20.0 Å². The normalized spacial score (nSPS) is 21.0. The number of nitrogens with one attached hydrogen (secondary N) is 1. The summed E-state index contributed by atoms with van der Waals surface area (Å²) in [5.74, 6) is -0.313. The smallest absolute Gasteiger partial charge is 0.328 e. The standard InChI is InChI=1S/C20H36N4O4/c1-4-16(2)19(20(27)28-3)21-17(25)14-22-10-12-23(13-11-22)15-18(26)24-8-6-5-7-9-24/h16,19H,4-15H2,1-3H3,(H,21,25). The second-order valence-electron chi connectivity index (χ2n) is 7.95. The topological polar surface area (TPSA) is 82.2 Å². The van der Waals surface area contributed by atoms with Gasteiger partial charge in [0.15, 0.2) is 0 Å². The number of rotatable bonds is 8. The summed E-state index contributed by atoms with van der Waals surface area (Å²) in [4.78, 5) is 42.9. The molecule has 2 rings (SSSR count). The molecular formula is C20H36N4O4. The van der Waals surface area contributed by atoms with Crippen LogP contribution in [0.15, 0.2) is 0 Å². The van der Waals surface area contributed by atoms with Crippen LogP contribution in [0.1, 0.15) is 39.5 Å². The van der Waals surface area contributed by atoms with Crippen LogP contribution >= 0.6 is 0 Å². The number of hydrogen-bond donors (Lipinski definition) is 1. The van der Waals surface area contributed by atoms with Gasteiger partial charge in [0.2, 0.25) is 11.8 Å². The molecule has 8 heteroatoms. The van der Waals surface area contributed by atoms with Crippen LogP contribution in [0.2, 0.25) is 0 Å². The van der Waals surface area contributed by atoms with Crippen molar-refractivity contribution in [2.45, 2.75) is 45.6 Å². The van der Waals surface area contributed by atoms with E-state index in [1.54, 1.807) is 0 Å². The molecule has 1 N–H and O–H groups in total. The summed E-state index contributed by atoms with van der Waals surface area (Å²) in [7, 11) is 1.34. The van der Waals surface area contributed by atoms with Crippen LogP contribution in [0.4, 0.5) is 0 Å². The first-order chi connectivity index (χ1) is 13.4. The van der Waals surface area contributed by atoms with Gasteiger partial charge in [0.25, 0.3) is 0 Å². The molecule has 2 atom stereocenters. The second-order valence-corrected chi connectivity index (χ2v) is 7.95. The molecule has 8 nitrogen and oxygen atoms in total. The molecular weight excluding hydrogens is 360 g/mol. The molecule has 2 saturated heterocycles. The SMILES string of the molecule is CCC(C)C(NC(=O)CN1CCN(CC(=O)N2CCCCC2)CC1)C(=O)OC. The Morgan fingerprint density at radius 1 is 0.929 bits per heavy atom. The van der Waals surface area contributed by atoms with E-state index in [4.69, 9.17) is 4.74 Å². The zero-order valence-electron chi connectivity index (χ0n) is 17.6. The fraction of sp³-hybridized carbons (Fsp3) is 0.850. The molecule has 2 heterocycles. The van der Waals surface area contributed by atoms with E-state index in [0.717, 1.165) is 58.5 Å². The number of piperazine rings is 1. The van der Waals surface area contributed by atoms with Crippen LogP contribution in [0.3, 0.4) is 0 Å². The van der Waals surface area contributed by atoms with E-state index in [1.807, 2.05) is 18.7 Å². The van der Waals surface area contributed by atoms with E-state index in [2.05, 4.69) is 15.1 Å². The highest BCUT2D eigenvalue weighted by atomic mass is 16.5. The average molecular weight is 397 g/mol. The lowest BCUT2D eigenvalue weighted by Gasteiger charge is -2.36. The Hall–Kier alpha value is -1.67. The number of methoxy groups -OCH3 is 1. The highest BCUT2D eigenvalue weighted by molar-refractivity contribution is 5.85. The number of ether oxygens (including phenoxy) is 1. The fourth-order valence-electron chi connectivity index (χ4n) is 3.76. The van der Waals surface area contributed by atoms with E-state index < -0.39 is 12.0 Å². The molecule has 2 amide bonds. The summed E-state index contributed by atoms with van der Waals surface area (Å²) in [6.07, 6.45) is 4.22. The Morgan fingerprint density at radius 2 is 1.50 bits per heavy atom. The zero-order valence-corrected chi connectivity index (χ0v) is 17.6. The molecule has 2 unspecified atom stereocenters. The third-order valence-corrected chi connectivity index (χ3v) is 5.88. The van der Waals surface area contributed by atoms with Crippen molar-refractivity contribution in [1.29, 1.82) is 0 Å². The largest absolute Gasteiger partial charge is 0.467 e. The monoisotopic (exact) mass is 396 g/mol. The minimum atomic E-state index is -0.606. The molecule has 0 saturated carbocycles. The molecule has 0 bridgehead atoms. The maximum absolute atomic E-state index is 12.4. The van der Waals surface area contributed by atoms with Crippen LogP contribution < -0.4 is 5.32 Å². The van der Waals surface area contributed by atoms with Gasteiger partial charge in [-0.05, 0) is 25.2 Å². The Bertz CT molecular complexity index is 528. The summed E-state index contributed by atoms with van der Waals surface area (Å²) in [5.41, 5.74) is 0. The zero-order chi connectivity index (χ0) is 20.5. The number of esters is 1. The lowest BCUT2D eigenvalue weighted by Crippen LogP contribution is -2.54. The summed E-state index contributed by atoms with van der Waals surface area (Å²) in [6.45, 7) is 9.46. The maximum atomic E-state index is 12.4. The van der Waals surface area contributed by atoms with Gasteiger partial charge >= 0.3 is 5.97 Å². The second kappa shape index (κ2) is 11.4. The van der Waals surface area contributed by atoms with Gasteiger partial charge in [-0.3, -0.25) is 19.4 Å². The predicted octanol–water partition coefficient (Wildman–Crippen LogP) is 0.320. The quantitative estimate of drug-likeness (QED) is 0.595. The Labute approximate surface area is 168 Å². The number of hydrogen-bond acceptors (Lipinski definition) is 6. The van der Waals surface area contributed by atoms with Crippen molar-refractivity contribution < 1.29 is 19.1 Å². The van der Waals surface area contributed by atoms with E-state index in [1.165, 1.54) is 13.5 Å². The minimum Gasteiger partial charge on any atom is -0.467 e. The first kappa shape index (κ1) is 22.6. The van der Waals surface area contributed by atoms with Crippen LogP contribution in [0.5, 0.6) is 0 Å². The molecule has 28 heavy (non-hydrogen) atoms. The van der Waals surface area contributed by atoms with Gasteiger partial charge in [-0.2, -0.15) is 0 Å². The molecule has 160 valence electrons. The van der Waals surface area contributed by atoms with Gasteiger partial charge in [-0.15, -0.1) is 0 Å². The predicted molar refractivity (Wildman–Crippen MR) is 107 cm³/mol.